The van der Waals surface area contributed by atoms with Gasteiger partial charge in [-0.3, -0.25) is 4.79 Å². The number of anilines is 1. The minimum absolute atomic E-state index is 0.185. The van der Waals surface area contributed by atoms with E-state index in [-0.39, 0.29) is 12.5 Å². The molecule has 0 aliphatic carbocycles. The van der Waals surface area contributed by atoms with Crippen LogP contribution in [0.5, 0.6) is 0 Å². The van der Waals surface area contributed by atoms with Gasteiger partial charge in [-0.15, -0.1) is 0 Å². The Morgan fingerprint density at radius 3 is 2.93 bits per heavy atom. The highest BCUT2D eigenvalue weighted by molar-refractivity contribution is 6.31. The van der Waals surface area contributed by atoms with Crippen LogP contribution in [-0.4, -0.2) is 23.7 Å². The molecular weight excluding hydrogens is 216 g/mol. The molecule has 0 heterocycles. The average Bonchev–Trinajstić information content (AvgIpc) is 2.18. The summed E-state index contributed by atoms with van der Waals surface area (Å²) in [6.45, 7) is 1.77. The van der Waals surface area contributed by atoms with Gasteiger partial charge in [0.05, 0.1) is 11.7 Å². The van der Waals surface area contributed by atoms with Crippen LogP contribution in [0.2, 0.25) is 5.02 Å². The monoisotopic (exact) mass is 228 g/mol. The van der Waals surface area contributed by atoms with Crippen LogP contribution in [0, 0.1) is 0 Å². The summed E-state index contributed by atoms with van der Waals surface area (Å²) in [5.74, 6) is -0.337. The smallest absolute Gasteiger partial charge is 0.253 e. The maximum absolute atomic E-state index is 11.6. The zero-order valence-electron chi connectivity index (χ0n) is 8.33. The number of nitrogens with two attached hydrogens (primary N) is 1. The summed E-state index contributed by atoms with van der Waals surface area (Å²) in [7, 11) is 0. The number of amides is 1. The number of halogens is 1. The van der Waals surface area contributed by atoms with E-state index in [4.69, 9.17) is 22.4 Å². The Morgan fingerprint density at radius 1 is 1.67 bits per heavy atom. The predicted molar refractivity (Wildman–Crippen MR) is 59.9 cm³/mol. The number of hydrogen-bond donors (Lipinski definition) is 3. The van der Waals surface area contributed by atoms with E-state index in [9.17, 15) is 4.79 Å². The quantitative estimate of drug-likeness (QED) is 0.677. The molecule has 4 N–H and O–H groups in total. The standard InChI is InChI=1S/C10H13ClN2O2/c1-6(14)5-13-10(15)8-4-7(11)2-3-9(8)12/h2-4,6,14H,5,12H2,1H3,(H,13,15)/t6-/m1/s1. The summed E-state index contributed by atoms with van der Waals surface area (Å²) < 4.78 is 0. The Morgan fingerprint density at radius 2 is 2.33 bits per heavy atom. The number of hydrogen-bond acceptors (Lipinski definition) is 3. The fourth-order valence-electron chi connectivity index (χ4n) is 1.06. The molecule has 5 heteroatoms. The van der Waals surface area contributed by atoms with Gasteiger partial charge in [0, 0.05) is 17.3 Å². The Hall–Kier alpha value is -1.26. The van der Waals surface area contributed by atoms with E-state index in [0.29, 0.717) is 16.3 Å². The maximum atomic E-state index is 11.6. The first-order valence-electron chi connectivity index (χ1n) is 4.52. The fraction of sp³-hybridized carbons (Fsp3) is 0.300. The maximum Gasteiger partial charge on any atom is 0.253 e. The second-order valence-corrected chi connectivity index (χ2v) is 3.73. The van der Waals surface area contributed by atoms with E-state index in [1.165, 1.54) is 6.07 Å². The summed E-state index contributed by atoms with van der Waals surface area (Å²) in [6, 6.07) is 4.68. The third-order valence-corrected chi connectivity index (χ3v) is 2.05. The van der Waals surface area contributed by atoms with Crippen molar-refractivity contribution in [2.24, 2.45) is 0 Å². The van der Waals surface area contributed by atoms with Crippen LogP contribution in [0.25, 0.3) is 0 Å². The number of benzene rings is 1. The van der Waals surface area contributed by atoms with Crippen molar-refractivity contribution < 1.29 is 9.90 Å². The van der Waals surface area contributed by atoms with Crippen LogP contribution < -0.4 is 11.1 Å². The van der Waals surface area contributed by atoms with Crippen LogP contribution in [0.15, 0.2) is 18.2 Å². The molecule has 0 spiro atoms. The molecule has 82 valence electrons. The van der Waals surface area contributed by atoms with Gasteiger partial charge in [-0.2, -0.15) is 0 Å². The first-order valence-corrected chi connectivity index (χ1v) is 4.90. The molecule has 0 aliphatic heterocycles. The number of aliphatic hydroxyl groups is 1. The second-order valence-electron chi connectivity index (χ2n) is 3.29. The molecule has 0 saturated heterocycles. The number of carbonyl (C=O) groups is 1. The van der Waals surface area contributed by atoms with E-state index < -0.39 is 6.10 Å². The van der Waals surface area contributed by atoms with Crippen LogP contribution in [0.3, 0.4) is 0 Å². The molecule has 0 aromatic heterocycles. The molecule has 4 nitrogen and oxygen atoms in total. The Balaban J connectivity index is 2.77. The zero-order valence-corrected chi connectivity index (χ0v) is 9.08. The normalized spacial score (nSPS) is 12.2. The lowest BCUT2D eigenvalue weighted by molar-refractivity contribution is 0.0925. The second kappa shape index (κ2) is 5.00. The van der Waals surface area contributed by atoms with Crippen molar-refractivity contribution >= 4 is 23.2 Å². The highest BCUT2D eigenvalue weighted by Crippen LogP contribution is 2.17. The van der Waals surface area contributed by atoms with E-state index in [2.05, 4.69) is 5.32 Å². The largest absolute Gasteiger partial charge is 0.398 e. The average molecular weight is 229 g/mol. The zero-order chi connectivity index (χ0) is 11.4. The van der Waals surface area contributed by atoms with Crippen LogP contribution in [0.4, 0.5) is 5.69 Å². The van der Waals surface area contributed by atoms with Crippen molar-refractivity contribution in [3.05, 3.63) is 28.8 Å². The van der Waals surface area contributed by atoms with Gasteiger partial charge >= 0.3 is 0 Å². The lowest BCUT2D eigenvalue weighted by atomic mass is 10.1. The van der Waals surface area contributed by atoms with Gasteiger partial charge in [0.2, 0.25) is 0 Å². The number of aliphatic hydroxyl groups excluding tert-OH is 1. The number of nitrogens with one attached hydrogen (secondary N) is 1. The molecule has 1 amide bonds. The molecule has 0 unspecified atom stereocenters. The Kier molecular flexibility index (Phi) is 3.94. The first kappa shape index (κ1) is 11.8. The van der Waals surface area contributed by atoms with E-state index in [1.54, 1.807) is 19.1 Å². The van der Waals surface area contributed by atoms with Gasteiger partial charge in [-0.25, -0.2) is 0 Å². The van der Waals surface area contributed by atoms with Crippen molar-refractivity contribution in [1.82, 2.24) is 5.32 Å². The highest BCUT2D eigenvalue weighted by atomic mass is 35.5. The molecule has 1 atom stereocenters. The molecule has 0 bridgehead atoms. The Labute approximate surface area is 93.0 Å². The van der Waals surface area contributed by atoms with Crippen LogP contribution in [0.1, 0.15) is 17.3 Å². The van der Waals surface area contributed by atoms with Gasteiger partial charge in [0.25, 0.3) is 5.91 Å². The molecule has 1 aromatic rings. The van der Waals surface area contributed by atoms with Crippen molar-refractivity contribution in [2.75, 3.05) is 12.3 Å². The fourth-order valence-corrected chi connectivity index (χ4v) is 1.23. The molecule has 0 fully saturated rings. The molecule has 0 saturated carbocycles. The van der Waals surface area contributed by atoms with Gasteiger partial charge in [-0.1, -0.05) is 11.6 Å². The molecule has 15 heavy (non-hydrogen) atoms. The molecule has 1 rings (SSSR count). The third kappa shape index (κ3) is 3.42. The molecule has 1 aromatic carbocycles. The molecule has 0 aliphatic rings. The van der Waals surface area contributed by atoms with Gasteiger partial charge in [0.1, 0.15) is 0 Å². The third-order valence-electron chi connectivity index (χ3n) is 1.82. The van der Waals surface area contributed by atoms with Crippen molar-refractivity contribution in [1.29, 1.82) is 0 Å². The first-order chi connectivity index (χ1) is 7.00. The van der Waals surface area contributed by atoms with Crippen molar-refractivity contribution in [3.63, 3.8) is 0 Å². The van der Waals surface area contributed by atoms with E-state index in [0.717, 1.165) is 0 Å². The summed E-state index contributed by atoms with van der Waals surface area (Å²) in [5.41, 5.74) is 6.30. The van der Waals surface area contributed by atoms with Gasteiger partial charge in [-0.05, 0) is 25.1 Å². The lowest BCUT2D eigenvalue weighted by Gasteiger charge is -2.09. The van der Waals surface area contributed by atoms with Gasteiger partial charge < -0.3 is 16.2 Å². The Bertz CT molecular complexity index is 366. The van der Waals surface area contributed by atoms with Gasteiger partial charge in [0.15, 0.2) is 0 Å². The van der Waals surface area contributed by atoms with Crippen LogP contribution in [-0.2, 0) is 0 Å². The SMILES string of the molecule is C[C@@H](O)CNC(=O)c1cc(Cl)ccc1N. The topological polar surface area (TPSA) is 75.3 Å². The summed E-state index contributed by atoms with van der Waals surface area (Å²) in [6.07, 6.45) is -0.589. The number of rotatable bonds is 3. The van der Waals surface area contributed by atoms with E-state index in [1.807, 2.05) is 0 Å². The molecular formula is C10H13ClN2O2. The minimum Gasteiger partial charge on any atom is -0.398 e. The summed E-state index contributed by atoms with van der Waals surface area (Å²) in [4.78, 5) is 11.6. The lowest BCUT2D eigenvalue weighted by Crippen LogP contribution is -2.31. The number of carbonyl (C=O) groups excluding carboxylic acids is 1. The predicted octanol–water partition coefficient (Wildman–Crippen LogP) is 1.03. The van der Waals surface area contributed by atoms with Crippen molar-refractivity contribution in [3.8, 4) is 0 Å². The van der Waals surface area contributed by atoms with Crippen molar-refractivity contribution in [2.45, 2.75) is 13.0 Å². The van der Waals surface area contributed by atoms with E-state index >= 15 is 0 Å². The molecule has 0 radical (unpaired) electrons. The number of nitrogen functional groups attached to an aromatic ring is 1. The minimum atomic E-state index is -0.589. The summed E-state index contributed by atoms with van der Waals surface area (Å²) in [5, 5.41) is 12.0. The summed E-state index contributed by atoms with van der Waals surface area (Å²) >= 11 is 5.74. The van der Waals surface area contributed by atoms with Crippen LogP contribution >= 0.6 is 11.6 Å². The highest BCUT2D eigenvalue weighted by Gasteiger charge is 2.10.